The third kappa shape index (κ3) is 18.0. The van der Waals surface area contributed by atoms with E-state index in [4.69, 9.17) is 0 Å². The summed E-state index contributed by atoms with van der Waals surface area (Å²) in [6, 6.07) is 47.7. The Morgan fingerprint density at radius 2 is 0.700 bits per heavy atom. The average Bonchev–Trinajstić information content (AvgIpc) is 2.57. The molecule has 0 saturated heterocycles. The molecule has 2 radical (unpaired) electrons. The third-order valence-electron chi connectivity index (χ3n) is 12.1. The topological polar surface area (TPSA) is 92.7 Å². The Morgan fingerprint density at radius 1 is 0.356 bits per heavy atom. The summed E-state index contributed by atoms with van der Waals surface area (Å²) < 4.78 is 202. The number of rotatable bonds is 8. The molecule has 0 N–H and O–H groups in total. The maximum atomic E-state index is 12.9. The molecule has 10 nitrogen and oxygen atoms in total. The molecule has 0 unspecified atom stereocenters. The van der Waals surface area contributed by atoms with Crippen molar-refractivity contribution in [2.24, 2.45) is 0 Å². The van der Waals surface area contributed by atoms with Gasteiger partial charge in [-0.15, -0.1) is 121 Å². The Kier molecular flexibility index (Phi) is 22.1. The minimum atomic E-state index is -4.62. The van der Waals surface area contributed by atoms with Crippen LogP contribution in [-0.2, 0) is 64.9 Å². The fourth-order valence-electron chi connectivity index (χ4n) is 7.74. The Bertz CT molecular complexity index is 3620. The van der Waals surface area contributed by atoms with Crippen LogP contribution in [0.15, 0.2) is 195 Å². The quantitative estimate of drug-likeness (QED) is 0.108. The normalized spacial score (nSPS) is 12.9. The summed E-state index contributed by atoms with van der Waals surface area (Å²) in [6.45, 7) is 3.63. The largest absolute Gasteiger partial charge is 0.573 e. The summed E-state index contributed by atoms with van der Waals surface area (Å²) in [5, 5.41) is 13.0. The van der Waals surface area contributed by atoms with Crippen LogP contribution < -0.4 is 29.8 Å². The van der Waals surface area contributed by atoms with E-state index in [0.29, 0.717) is 0 Å². The van der Waals surface area contributed by atoms with Gasteiger partial charge in [0.1, 0.15) is 23.0 Å². The van der Waals surface area contributed by atoms with Crippen molar-refractivity contribution in [3.05, 3.63) is 278 Å². The van der Waals surface area contributed by atoms with Crippen molar-refractivity contribution >= 4 is 22.7 Å². The molecule has 2 aliphatic rings. The average molecular weight is 1610 g/mol. The van der Waals surface area contributed by atoms with Crippen LogP contribution >= 0.6 is 0 Å². The molecule has 2 aliphatic heterocycles. The molecule has 0 amide bonds. The third-order valence-corrected chi connectivity index (χ3v) is 12.1. The Balaban J connectivity index is 0.000000171. The van der Waals surface area contributed by atoms with Crippen molar-refractivity contribution in [2.45, 2.75) is 24.7 Å². The summed E-state index contributed by atoms with van der Waals surface area (Å²) in [4.78, 5) is 15.5. The first-order chi connectivity index (χ1) is 41.7. The molecule has 0 spiro atoms. The maximum absolute atomic E-state index is 12.9. The van der Waals surface area contributed by atoms with E-state index in [-0.39, 0.29) is 109 Å². The monoisotopic (exact) mass is 1610 g/mol. The number of anilines is 4. The second-order valence-electron chi connectivity index (χ2n) is 18.2. The number of pyridine rings is 2. The van der Waals surface area contributed by atoms with Gasteiger partial charge in [0.05, 0.1) is 0 Å². The van der Waals surface area contributed by atoms with Gasteiger partial charge in [0, 0.05) is 74.6 Å². The number of halogens is 16. The second kappa shape index (κ2) is 29.0. The number of hydrogen-bond acceptors (Lipinski definition) is 8. The van der Waals surface area contributed by atoms with Gasteiger partial charge in [-0.3, -0.25) is 18.7 Å². The predicted octanol–water partition coefficient (Wildman–Crippen LogP) is 16.6. The Morgan fingerprint density at radius 3 is 1.00 bits per heavy atom. The molecule has 6 heterocycles. The number of alkyl halides is 12. The minimum absolute atomic E-state index is 0. The fraction of sp³-hybridized carbons (Fsp3) is 0.0645. The van der Waals surface area contributed by atoms with Crippen molar-refractivity contribution in [1.82, 2.24) is 30.4 Å². The van der Waals surface area contributed by atoms with Crippen molar-refractivity contribution in [3.63, 3.8) is 0 Å². The van der Waals surface area contributed by atoms with E-state index in [1.165, 1.54) is 97.1 Å². The van der Waals surface area contributed by atoms with Crippen LogP contribution in [0.5, 0.6) is 0 Å². The van der Waals surface area contributed by atoms with Crippen LogP contribution in [0.25, 0.3) is 45.3 Å². The first kappa shape index (κ1) is 68.4. The van der Waals surface area contributed by atoms with Crippen molar-refractivity contribution in [3.8, 4) is 45.3 Å². The summed E-state index contributed by atoms with van der Waals surface area (Å²) in [5.41, 5.74) is 0.292. The van der Waals surface area contributed by atoms with Crippen LogP contribution in [0.2, 0.25) is 0 Å². The number of aromatic nitrogens is 6. The van der Waals surface area contributed by atoms with Gasteiger partial charge in [-0.05, 0) is 120 Å². The van der Waals surface area contributed by atoms with Crippen LogP contribution in [0.3, 0.4) is 0 Å². The smallest absolute Gasteiger partial charge is 0.431 e. The van der Waals surface area contributed by atoms with Gasteiger partial charge in [-0.2, -0.15) is 64.8 Å². The molecular weight excluding hydrogens is 1570 g/mol. The van der Waals surface area contributed by atoms with E-state index in [9.17, 15) is 70.2 Å². The molecule has 0 fully saturated rings. The van der Waals surface area contributed by atoms with Gasteiger partial charge in [0.2, 0.25) is 0 Å². The Labute approximate surface area is 528 Å². The molecule has 12 rings (SSSR count). The summed E-state index contributed by atoms with van der Waals surface area (Å²) in [6.07, 6.45) is -10.9. The van der Waals surface area contributed by atoms with E-state index >= 15 is 0 Å². The molecule has 0 saturated carbocycles. The molecule has 0 atom stereocenters. The van der Waals surface area contributed by atoms with Crippen molar-refractivity contribution in [2.75, 3.05) is 19.6 Å². The molecule has 0 bridgehead atoms. The number of hydrogen-bond donors (Lipinski definition) is 0. The van der Waals surface area contributed by atoms with Gasteiger partial charge >= 0.3 is 24.7 Å². The summed E-state index contributed by atoms with van der Waals surface area (Å²) in [5.74, 6) is -1.17. The van der Waals surface area contributed by atoms with Gasteiger partial charge in [-0.25, -0.2) is 8.78 Å². The van der Waals surface area contributed by atoms with Crippen molar-refractivity contribution < 1.29 is 110 Å². The Hall–Kier alpha value is -9.10. The molecule has 6 aromatic carbocycles. The molecule has 10 aromatic rings. The molecule has 470 valence electrons. The van der Waals surface area contributed by atoms with Crippen LogP contribution in [-0.4, -0.2) is 20.2 Å². The second-order valence-corrected chi connectivity index (χ2v) is 18.2. The van der Waals surface area contributed by atoms with Crippen molar-refractivity contribution in [1.29, 1.82) is 0 Å². The number of benzene rings is 6. The van der Waals surface area contributed by atoms with E-state index < -0.39 is 47.2 Å². The van der Waals surface area contributed by atoms with Gasteiger partial charge < -0.3 is 40.0 Å². The van der Waals surface area contributed by atoms with Crippen LogP contribution in [0.4, 0.5) is 93.0 Å². The van der Waals surface area contributed by atoms with E-state index in [1.54, 1.807) is 36.4 Å². The van der Waals surface area contributed by atoms with Gasteiger partial charge in [0.15, 0.2) is 0 Å². The first-order valence-electron chi connectivity index (χ1n) is 25.1. The van der Waals surface area contributed by atoms with E-state index in [1.807, 2.05) is 57.7 Å². The summed E-state index contributed by atoms with van der Waals surface area (Å²) >= 11 is 0. The molecule has 0 aliphatic carbocycles. The fourth-order valence-corrected chi connectivity index (χ4v) is 7.74. The molecule has 4 aromatic heterocycles. The zero-order valence-electron chi connectivity index (χ0n) is 44.8. The van der Waals surface area contributed by atoms with E-state index in [0.717, 1.165) is 59.1 Å². The maximum Gasteiger partial charge on any atom is 0.431 e. The van der Waals surface area contributed by atoms with Crippen LogP contribution in [0, 0.1) is 60.9 Å². The summed E-state index contributed by atoms with van der Waals surface area (Å²) in [7, 11) is 0. The molecule has 90 heavy (non-hydrogen) atoms. The van der Waals surface area contributed by atoms with Gasteiger partial charge in [0.25, 0.3) is 0 Å². The van der Waals surface area contributed by atoms with E-state index in [2.05, 4.69) is 54.6 Å². The predicted molar refractivity (Wildman–Crippen MR) is 290 cm³/mol. The SMILES string of the molecule is FC(F)(F)c1c[c-]c(-c2cccc(-c3cc(C(F)(F)F)n[n-]3)n2)cc1.FC(F)(F)c1c[c-]c(-c2cccc(-c3cc(C(F)(F)F)n[n-]3)n2)cc1.Fc1c[c-]c(N2C=CN(c3ccc(F)cc3)[CH-]2)cc1.Fc1c[c-]c(N2C=CN(c3ccc(F)cc3)[CH-]2)cc1.[Ir].[Ir]. The van der Waals surface area contributed by atoms with Crippen LogP contribution in [0.1, 0.15) is 22.5 Å². The zero-order valence-corrected chi connectivity index (χ0v) is 49.6. The molecular formula is C62H34F16Ir2N10-8. The zero-order chi connectivity index (χ0) is 63.0. The van der Waals surface area contributed by atoms with Gasteiger partial charge in [-0.1, -0.05) is 35.7 Å². The standard InChI is InChI=1S/2C16H7F6N3.2C15H10F2N2.2Ir/c2*17-15(18,19)10-6-4-9(5-7-10)11-2-1-3-12(23-11)13-8-14(25-24-13)16(20,21)22;2*16-12-1-5-14(6-2-12)18-9-10-19(11-18)15-7-3-13(17)4-8-15;;/h2*1-4,6-8H;2*1-7,9-11H;;/q4*-2;;. The number of nitrogens with zero attached hydrogens (tertiary/aromatic N) is 10. The minimum Gasteiger partial charge on any atom is -0.573 e. The first-order valence-corrected chi connectivity index (χ1v) is 25.1. The molecule has 28 heteroatoms.